The van der Waals surface area contributed by atoms with Gasteiger partial charge in [0.05, 0.1) is 29.6 Å². The zero-order valence-corrected chi connectivity index (χ0v) is 13.2. The lowest BCUT2D eigenvalue weighted by Crippen LogP contribution is -2.36. The highest BCUT2D eigenvalue weighted by atomic mass is 32.2. The third kappa shape index (κ3) is 3.79. The molecule has 0 unspecified atom stereocenters. The number of methoxy groups -OCH3 is 1. The van der Waals surface area contributed by atoms with Gasteiger partial charge in [0, 0.05) is 11.8 Å². The Kier molecular flexibility index (Phi) is 4.33. The van der Waals surface area contributed by atoms with Crippen LogP contribution in [0.4, 0.5) is 11.4 Å². The second-order valence-electron chi connectivity index (χ2n) is 4.96. The van der Waals surface area contributed by atoms with Crippen LogP contribution in [0.1, 0.15) is 12.8 Å². The smallest absolute Gasteiger partial charge is 0.235 e. The summed E-state index contributed by atoms with van der Waals surface area (Å²) in [5.74, 6) is 0.122. The minimum atomic E-state index is -3.67. The van der Waals surface area contributed by atoms with Crippen LogP contribution >= 0.6 is 0 Å². The molecular weight excluding hydrogens is 316 g/mol. The number of ether oxygens (including phenoxy) is 1. The Balaban J connectivity index is 2.19. The molecule has 9 heteroatoms. The topological polar surface area (TPSA) is 116 Å². The van der Waals surface area contributed by atoms with Crippen molar-refractivity contribution in [1.82, 2.24) is 0 Å². The average Bonchev–Trinajstić information content (AvgIpc) is 2.40. The molecule has 7 nitrogen and oxygen atoms in total. The average molecular weight is 334 g/mol. The molecule has 0 aliphatic carbocycles. The van der Waals surface area contributed by atoms with E-state index in [4.69, 9.17) is 10.5 Å². The van der Waals surface area contributed by atoms with E-state index < -0.39 is 25.1 Å². The zero-order chi connectivity index (χ0) is 15.7. The fourth-order valence-corrected chi connectivity index (χ4v) is 5.50. The summed E-state index contributed by atoms with van der Waals surface area (Å²) in [4.78, 5) is 0. The second-order valence-corrected chi connectivity index (χ2v) is 9.22. The normalized spacial score (nSPS) is 19.1. The van der Waals surface area contributed by atoms with E-state index in [1.165, 1.54) is 19.2 Å². The molecule has 0 aromatic heterocycles. The quantitative estimate of drug-likeness (QED) is 0.779. The van der Waals surface area contributed by atoms with Crippen molar-refractivity contribution in [3.63, 3.8) is 0 Å². The number of anilines is 2. The summed E-state index contributed by atoms with van der Waals surface area (Å²) < 4.78 is 54.9. The molecule has 1 aliphatic heterocycles. The Morgan fingerprint density at radius 1 is 1.29 bits per heavy atom. The molecule has 0 amide bonds. The standard InChI is InChI=1S/C12H18N2O5S2/c1-19-12-8-9(13)2-3-11(12)14-21(17,18)10-4-6-20(15,16)7-5-10/h2-3,8,10,14H,4-7,13H2,1H3. The van der Waals surface area contributed by atoms with Gasteiger partial charge in [-0.2, -0.15) is 0 Å². The van der Waals surface area contributed by atoms with Gasteiger partial charge in [-0.3, -0.25) is 4.72 Å². The van der Waals surface area contributed by atoms with Gasteiger partial charge in [0.25, 0.3) is 0 Å². The van der Waals surface area contributed by atoms with E-state index in [1.807, 2.05) is 0 Å². The second kappa shape index (κ2) is 5.72. The lowest BCUT2D eigenvalue weighted by molar-refractivity contribution is 0.417. The first kappa shape index (κ1) is 15.9. The van der Waals surface area contributed by atoms with Gasteiger partial charge < -0.3 is 10.5 Å². The molecular formula is C12H18N2O5S2. The van der Waals surface area contributed by atoms with E-state index in [-0.39, 0.29) is 24.3 Å². The highest BCUT2D eigenvalue weighted by Gasteiger charge is 2.33. The fourth-order valence-electron chi connectivity index (χ4n) is 2.21. The summed E-state index contributed by atoms with van der Waals surface area (Å²) in [6.07, 6.45) is 0.212. The predicted octanol–water partition coefficient (Wildman–Crippen LogP) is 0.596. The Bertz CT molecular complexity index is 714. The SMILES string of the molecule is COc1cc(N)ccc1NS(=O)(=O)C1CCS(=O)(=O)CC1. The van der Waals surface area contributed by atoms with Crippen LogP contribution in [0.2, 0.25) is 0 Å². The summed E-state index contributed by atoms with van der Waals surface area (Å²) in [6, 6.07) is 4.60. The number of hydrogen-bond donors (Lipinski definition) is 2. The molecule has 2 rings (SSSR count). The van der Waals surface area contributed by atoms with Crippen LogP contribution in [0, 0.1) is 0 Å². The Labute approximate surface area is 124 Å². The molecule has 0 bridgehead atoms. The Morgan fingerprint density at radius 3 is 2.48 bits per heavy atom. The van der Waals surface area contributed by atoms with Gasteiger partial charge in [-0.25, -0.2) is 16.8 Å². The largest absolute Gasteiger partial charge is 0.494 e. The van der Waals surface area contributed by atoms with Crippen LogP contribution in [-0.4, -0.2) is 40.7 Å². The van der Waals surface area contributed by atoms with Crippen molar-refractivity contribution in [2.75, 3.05) is 29.1 Å². The number of sulfone groups is 1. The van der Waals surface area contributed by atoms with Gasteiger partial charge >= 0.3 is 0 Å². The van der Waals surface area contributed by atoms with Crippen molar-refractivity contribution in [2.24, 2.45) is 0 Å². The maximum Gasteiger partial charge on any atom is 0.235 e. The van der Waals surface area contributed by atoms with Crippen LogP contribution in [0.15, 0.2) is 18.2 Å². The highest BCUT2D eigenvalue weighted by Crippen LogP contribution is 2.29. The number of nitrogens with one attached hydrogen (secondary N) is 1. The van der Waals surface area contributed by atoms with Crippen molar-refractivity contribution in [3.05, 3.63) is 18.2 Å². The summed E-state index contributed by atoms with van der Waals surface area (Å²) in [6.45, 7) is 0. The first-order valence-corrected chi connectivity index (χ1v) is 9.76. The molecule has 1 aromatic rings. The summed E-state index contributed by atoms with van der Waals surface area (Å²) in [5.41, 5.74) is 6.36. The van der Waals surface area contributed by atoms with Gasteiger partial charge in [0.1, 0.15) is 15.6 Å². The molecule has 1 heterocycles. The molecule has 0 saturated carbocycles. The van der Waals surface area contributed by atoms with Crippen LogP contribution < -0.4 is 15.2 Å². The van der Waals surface area contributed by atoms with E-state index >= 15 is 0 Å². The molecule has 0 atom stereocenters. The van der Waals surface area contributed by atoms with E-state index in [1.54, 1.807) is 6.07 Å². The van der Waals surface area contributed by atoms with Crippen LogP contribution in [0.3, 0.4) is 0 Å². The molecule has 3 N–H and O–H groups in total. The molecule has 1 aromatic carbocycles. The molecule has 0 radical (unpaired) electrons. The van der Waals surface area contributed by atoms with E-state index in [2.05, 4.69) is 4.72 Å². The number of nitrogens with two attached hydrogens (primary N) is 1. The predicted molar refractivity (Wildman–Crippen MR) is 81.6 cm³/mol. The van der Waals surface area contributed by atoms with Crippen molar-refractivity contribution >= 4 is 31.2 Å². The van der Waals surface area contributed by atoms with Crippen molar-refractivity contribution < 1.29 is 21.6 Å². The molecule has 1 saturated heterocycles. The van der Waals surface area contributed by atoms with Crippen LogP contribution in [-0.2, 0) is 19.9 Å². The third-order valence-electron chi connectivity index (χ3n) is 3.42. The van der Waals surface area contributed by atoms with Gasteiger partial charge in [-0.1, -0.05) is 0 Å². The highest BCUT2D eigenvalue weighted by molar-refractivity contribution is 7.94. The number of hydrogen-bond acceptors (Lipinski definition) is 6. The summed E-state index contributed by atoms with van der Waals surface area (Å²) in [5, 5.41) is -0.719. The lowest BCUT2D eigenvalue weighted by atomic mass is 10.2. The van der Waals surface area contributed by atoms with Gasteiger partial charge in [-0.05, 0) is 25.0 Å². The van der Waals surface area contributed by atoms with Crippen LogP contribution in [0.25, 0.3) is 0 Å². The van der Waals surface area contributed by atoms with Crippen molar-refractivity contribution in [1.29, 1.82) is 0 Å². The maximum absolute atomic E-state index is 12.3. The first-order valence-electron chi connectivity index (χ1n) is 6.39. The van der Waals surface area contributed by atoms with E-state index in [0.29, 0.717) is 17.1 Å². The molecule has 1 aliphatic rings. The first-order chi connectivity index (χ1) is 9.73. The van der Waals surface area contributed by atoms with Gasteiger partial charge in [0.15, 0.2) is 0 Å². The lowest BCUT2D eigenvalue weighted by Gasteiger charge is -2.23. The van der Waals surface area contributed by atoms with E-state index in [0.717, 1.165) is 0 Å². The minimum Gasteiger partial charge on any atom is -0.494 e. The zero-order valence-electron chi connectivity index (χ0n) is 11.6. The number of rotatable bonds is 4. The Hall–Kier alpha value is -1.48. The van der Waals surface area contributed by atoms with E-state index in [9.17, 15) is 16.8 Å². The number of nitrogen functional groups attached to an aromatic ring is 1. The summed E-state index contributed by atoms with van der Waals surface area (Å²) >= 11 is 0. The monoisotopic (exact) mass is 334 g/mol. The fraction of sp³-hybridized carbons (Fsp3) is 0.500. The Morgan fingerprint density at radius 2 is 1.90 bits per heavy atom. The summed E-state index contributed by atoms with van der Waals surface area (Å²) in [7, 11) is -5.35. The molecule has 118 valence electrons. The minimum absolute atomic E-state index is 0.0998. The molecule has 21 heavy (non-hydrogen) atoms. The maximum atomic E-state index is 12.3. The number of benzene rings is 1. The van der Waals surface area contributed by atoms with Gasteiger partial charge in [0.2, 0.25) is 10.0 Å². The third-order valence-corrected chi connectivity index (χ3v) is 6.99. The number of sulfonamides is 1. The van der Waals surface area contributed by atoms with Crippen LogP contribution in [0.5, 0.6) is 5.75 Å². The van der Waals surface area contributed by atoms with Crippen molar-refractivity contribution in [2.45, 2.75) is 18.1 Å². The van der Waals surface area contributed by atoms with Gasteiger partial charge in [-0.15, -0.1) is 0 Å². The molecule has 1 fully saturated rings. The molecule has 0 spiro atoms. The van der Waals surface area contributed by atoms with Crippen molar-refractivity contribution in [3.8, 4) is 5.75 Å².